The Morgan fingerprint density at radius 2 is 2.12 bits per heavy atom. The molecule has 17 heavy (non-hydrogen) atoms. The van der Waals surface area contributed by atoms with Crippen molar-refractivity contribution < 1.29 is 24.4 Å². The molecule has 0 heterocycles. The van der Waals surface area contributed by atoms with Gasteiger partial charge in [0.25, 0.3) is 5.69 Å². The molecule has 90 valence electrons. The van der Waals surface area contributed by atoms with E-state index in [1.807, 2.05) is 0 Å². The van der Waals surface area contributed by atoms with Crippen LogP contribution in [-0.4, -0.2) is 29.1 Å². The fraction of sp³-hybridized carbons (Fsp3) is 0.200. The van der Waals surface area contributed by atoms with Crippen LogP contribution in [0.4, 0.5) is 5.69 Å². The lowest BCUT2D eigenvalue weighted by atomic mass is 10.1. The Labute approximate surface area is 95.8 Å². The zero-order valence-electron chi connectivity index (χ0n) is 8.87. The van der Waals surface area contributed by atoms with Gasteiger partial charge in [-0.1, -0.05) is 0 Å². The van der Waals surface area contributed by atoms with Gasteiger partial charge in [-0.3, -0.25) is 14.9 Å². The number of carboxylic acids is 1. The van der Waals surface area contributed by atoms with Crippen molar-refractivity contribution in [3.8, 4) is 0 Å². The van der Waals surface area contributed by atoms with Crippen molar-refractivity contribution in [2.45, 2.75) is 6.42 Å². The fourth-order valence-electron chi connectivity index (χ4n) is 1.31. The number of nitro benzene ring substituents is 1. The first kappa shape index (κ1) is 12.6. The number of ether oxygens (including phenoxy) is 1. The normalized spacial score (nSPS) is 9.71. The highest BCUT2D eigenvalue weighted by Crippen LogP contribution is 2.21. The van der Waals surface area contributed by atoms with Crippen LogP contribution in [0.2, 0.25) is 0 Å². The number of rotatable bonds is 4. The number of aliphatic carboxylic acids is 1. The summed E-state index contributed by atoms with van der Waals surface area (Å²) in [6, 6.07) is 3.46. The van der Waals surface area contributed by atoms with Crippen LogP contribution in [0.1, 0.15) is 15.9 Å². The van der Waals surface area contributed by atoms with Crippen LogP contribution in [0, 0.1) is 10.1 Å². The molecule has 0 aliphatic carbocycles. The average molecular weight is 239 g/mol. The van der Waals surface area contributed by atoms with E-state index in [1.165, 1.54) is 13.2 Å². The Morgan fingerprint density at radius 3 is 2.59 bits per heavy atom. The number of hydrogen-bond donors (Lipinski definition) is 1. The Morgan fingerprint density at radius 1 is 1.47 bits per heavy atom. The minimum absolute atomic E-state index is 0.0367. The van der Waals surface area contributed by atoms with Gasteiger partial charge in [0.2, 0.25) is 0 Å². The molecule has 0 spiro atoms. The van der Waals surface area contributed by atoms with Crippen LogP contribution >= 0.6 is 0 Å². The van der Waals surface area contributed by atoms with E-state index in [0.29, 0.717) is 0 Å². The lowest BCUT2D eigenvalue weighted by molar-refractivity contribution is -0.385. The van der Waals surface area contributed by atoms with Gasteiger partial charge in [0.1, 0.15) is 0 Å². The van der Waals surface area contributed by atoms with E-state index in [-0.39, 0.29) is 16.8 Å². The SMILES string of the molecule is COC(=O)c1ccc([N+](=O)[O-])c(CC(=O)O)c1. The molecule has 1 aromatic rings. The molecule has 1 aromatic carbocycles. The van der Waals surface area contributed by atoms with Crippen LogP contribution < -0.4 is 0 Å². The summed E-state index contributed by atoms with van der Waals surface area (Å²) in [5.41, 5.74) is -0.292. The van der Waals surface area contributed by atoms with Gasteiger partial charge in [-0.05, 0) is 12.1 Å². The smallest absolute Gasteiger partial charge is 0.337 e. The van der Waals surface area contributed by atoms with Crippen molar-refractivity contribution in [1.82, 2.24) is 0 Å². The predicted octanol–water partition coefficient (Wildman–Crippen LogP) is 1.01. The summed E-state index contributed by atoms with van der Waals surface area (Å²) in [4.78, 5) is 31.7. The average Bonchev–Trinajstić information content (AvgIpc) is 2.26. The number of nitro groups is 1. The van der Waals surface area contributed by atoms with Gasteiger partial charge in [-0.25, -0.2) is 4.79 Å². The van der Waals surface area contributed by atoms with Gasteiger partial charge in [0, 0.05) is 11.6 Å². The summed E-state index contributed by atoms with van der Waals surface area (Å²) in [6.45, 7) is 0. The maximum Gasteiger partial charge on any atom is 0.337 e. The number of nitrogens with zero attached hydrogens (tertiary/aromatic N) is 1. The van der Waals surface area contributed by atoms with Gasteiger partial charge in [0.15, 0.2) is 0 Å². The van der Waals surface area contributed by atoms with Crippen LogP contribution in [0.15, 0.2) is 18.2 Å². The first-order valence-corrected chi connectivity index (χ1v) is 4.53. The molecule has 0 aliphatic rings. The van der Waals surface area contributed by atoms with Crippen molar-refractivity contribution in [2.24, 2.45) is 0 Å². The maximum absolute atomic E-state index is 11.2. The topological polar surface area (TPSA) is 107 Å². The molecule has 7 heteroatoms. The summed E-state index contributed by atoms with van der Waals surface area (Å²) in [7, 11) is 1.17. The second-order valence-corrected chi connectivity index (χ2v) is 3.16. The molecule has 0 radical (unpaired) electrons. The van der Waals surface area contributed by atoms with Crippen LogP contribution in [0.5, 0.6) is 0 Å². The number of hydrogen-bond acceptors (Lipinski definition) is 5. The Bertz CT molecular complexity index is 482. The van der Waals surface area contributed by atoms with Crippen molar-refractivity contribution in [3.05, 3.63) is 39.4 Å². The van der Waals surface area contributed by atoms with Crippen LogP contribution in [-0.2, 0) is 16.0 Å². The van der Waals surface area contributed by atoms with E-state index in [2.05, 4.69) is 4.74 Å². The summed E-state index contributed by atoms with van der Waals surface area (Å²) in [5.74, 6) is -1.89. The minimum Gasteiger partial charge on any atom is -0.481 e. The summed E-state index contributed by atoms with van der Waals surface area (Å²) >= 11 is 0. The zero-order valence-corrected chi connectivity index (χ0v) is 8.87. The van der Waals surface area contributed by atoms with E-state index < -0.39 is 23.3 Å². The largest absolute Gasteiger partial charge is 0.481 e. The third-order valence-corrected chi connectivity index (χ3v) is 2.04. The Hall–Kier alpha value is -2.44. The molecule has 0 atom stereocenters. The molecule has 0 aromatic heterocycles. The number of benzene rings is 1. The standard InChI is InChI=1S/C10H9NO6/c1-17-10(14)6-2-3-8(11(15)16)7(4-6)5-9(12)13/h2-4H,5H2,1H3,(H,12,13). The lowest BCUT2D eigenvalue weighted by Crippen LogP contribution is -2.07. The van der Waals surface area contributed by atoms with Gasteiger partial charge in [-0.2, -0.15) is 0 Å². The highest BCUT2D eigenvalue weighted by atomic mass is 16.6. The summed E-state index contributed by atoms with van der Waals surface area (Å²) in [5, 5.41) is 19.3. The van der Waals surface area contributed by atoms with Gasteiger partial charge in [0.05, 0.1) is 24.0 Å². The molecule has 1 N–H and O–H groups in total. The zero-order chi connectivity index (χ0) is 13.0. The first-order chi connectivity index (χ1) is 7.95. The van der Waals surface area contributed by atoms with Crippen molar-refractivity contribution in [2.75, 3.05) is 7.11 Å². The van der Waals surface area contributed by atoms with Crippen molar-refractivity contribution in [3.63, 3.8) is 0 Å². The minimum atomic E-state index is -1.21. The lowest BCUT2D eigenvalue weighted by Gasteiger charge is -2.03. The third-order valence-electron chi connectivity index (χ3n) is 2.04. The van der Waals surface area contributed by atoms with Gasteiger partial charge >= 0.3 is 11.9 Å². The monoisotopic (exact) mass is 239 g/mol. The Balaban J connectivity index is 3.23. The second-order valence-electron chi connectivity index (χ2n) is 3.16. The number of carboxylic acid groups (broad SMARTS) is 1. The number of esters is 1. The molecule has 0 amide bonds. The van der Waals surface area contributed by atoms with Crippen molar-refractivity contribution in [1.29, 1.82) is 0 Å². The van der Waals surface area contributed by atoms with E-state index in [0.717, 1.165) is 12.1 Å². The Kier molecular flexibility index (Phi) is 3.76. The van der Waals surface area contributed by atoms with E-state index in [9.17, 15) is 19.7 Å². The molecule has 0 saturated carbocycles. The first-order valence-electron chi connectivity index (χ1n) is 4.53. The van der Waals surface area contributed by atoms with Gasteiger partial charge in [-0.15, -0.1) is 0 Å². The molecule has 0 aliphatic heterocycles. The van der Waals surface area contributed by atoms with Gasteiger partial charge < -0.3 is 9.84 Å². The van der Waals surface area contributed by atoms with E-state index >= 15 is 0 Å². The summed E-state index contributed by atoms with van der Waals surface area (Å²) in [6.07, 6.45) is -0.527. The predicted molar refractivity (Wildman–Crippen MR) is 55.8 cm³/mol. The summed E-state index contributed by atoms with van der Waals surface area (Å²) < 4.78 is 4.44. The molecule has 7 nitrogen and oxygen atoms in total. The fourth-order valence-corrected chi connectivity index (χ4v) is 1.31. The highest BCUT2D eigenvalue weighted by Gasteiger charge is 2.18. The molecule has 0 unspecified atom stereocenters. The molecular formula is C10H9NO6. The maximum atomic E-state index is 11.2. The highest BCUT2D eigenvalue weighted by molar-refractivity contribution is 5.90. The van der Waals surface area contributed by atoms with Crippen molar-refractivity contribution >= 4 is 17.6 Å². The van der Waals surface area contributed by atoms with Crippen LogP contribution in [0.3, 0.4) is 0 Å². The number of methoxy groups -OCH3 is 1. The molecule has 0 fully saturated rings. The number of carbonyl (C=O) groups is 2. The molecular weight excluding hydrogens is 230 g/mol. The molecule has 0 bridgehead atoms. The molecule has 1 rings (SSSR count). The molecule has 0 saturated heterocycles. The number of carbonyl (C=O) groups excluding carboxylic acids is 1. The second kappa shape index (κ2) is 5.06. The third kappa shape index (κ3) is 3.00. The quantitative estimate of drug-likeness (QED) is 0.477. The van der Waals surface area contributed by atoms with E-state index in [4.69, 9.17) is 5.11 Å². The van der Waals surface area contributed by atoms with Crippen LogP contribution in [0.25, 0.3) is 0 Å². The van der Waals surface area contributed by atoms with E-state index in [1.54, 1.807) is 0 Å².